The number of carbonyl (C=O) groups excluding carboxylic acids is 1. The van der Waals surface area contributed by atoms with Gasteiger partial charge in [0.25, 0.3) is 11.5 Å². The van der Waals surface area contributed by atoms with E-state index in [1.54, 1.807) is 11.0 Å². The second-order valence-electron chi connectivity index (χ2n) is 7.91. The lowest BCUT2D eigenvalue weighted by Crippen LogP contribution is -2.36. The van der Waals surface area contributed by atoms with Crippen LogP contribution in [0.3, 0.4) is 0 Å². The molecule has 0 radical (unpaired) electrons. The molecule has 0 aliphatic carbocycles. The molecule has 2 N–H and O–H groups in total. The highest BCUT2D eigenvalue weighted by atomic mass is 16.3. The number of aromatic nitrogens is 3. The van der Waals surface area contributed by atoms with Crippen LogP contribution < -0.4 is 11.2 Å². The van der Waals surface area contributed by atoms with Crippen LogP contribution >= 0.6 is 0 Å². The van der Waals surface area contributed by atoms with E-state index < -0.39 is 16.9 Å². The van der Waals surface area contributed by atoms with Crippen molar-refractivity contribution < 1.29 is 9.90 Å². The molecule has 1 aliphatic heterocycles. The van der Waals surface area contributed by atoms with Crippen LogP contribution in [-0.4, -0.2) is 43.5 Å². The standard InChI is InChI=1S/C22H24N4O4/c1-4-15-11-16(17-18(23-15)25(3)21(29)24-19(17)27)20(28)26-10-9-22(30,12-26)14-7-5-13(2)6-8-14/h5-8,11,30H,4,9-10,12H2,1-3H3,(H,24,27,29)/t22-/m1/s1. The third-order valence-corrected chi connectivity index (χ3v) is 5.84. The molecule has 0 saturated carbocycles. The number of amides is 1. The van der Waals surface area contributed by atoms with E-state index in [0.717, 1.165) is 11.1 Å². The lowest BCUT2D eigenvalue weighted by molar-refractivity contribution is 0.0418. The zero-order chi connectivity index (χ0) is 21.6. The summed E-state index contributed by atoms with van der Waals surface area (Å²) in [5.41, 5.74) is 0.479. The maximum Gasteiger partial charge on any atom is 0.329 e. The number of H-pyrrole nitrogens is 1. The van der Waals surface area contributed by atoms with Crippen LogP contribution in [0, 0.1) is 6.92 Å². The monoisotopic (exact) mass is 408 g/mol. The minimum Gasteiger partial charge on any atom is -0.383 e. The Bertz CT molecular complexity index is 1260. The highest BCUT2D eigenvalue weighted by molar-refractivity contribution is 6.05. The Morgan fingerprint density at radius 2 is 1.97 bits per heavy atom. The number of pyridine rings is 1. The van der Waals surface area contributed by atoms with E-state index in [2.05, 4.69) is 9.97 Å². The second kappa shape index (κ2) is 7.21. The minimum atomic E-state index is -1.14. The highest BCUT2D eigenvalue weighted by Gasteiger charge is 2.40. The lowest BCUT2D eigenvalue weighted by atomic mass is 9.92. The van der Waals surface area contributed by atoms with Gasteiger partial charge in [-0.2, -0.15) is 0 Å². The molecule has 0 unspecified atom stereocenters. The lowest BCUT2D eigenvalue weighted by Gasteiger charge is -2.24. The molecular weight excluding hydrogens is 384 g/mol. The average Bonchev–Trinajstić information content (AvgIpc) is 3.14. The van der Waals surface area contributed by atoms with Gasteiger partial charge in [-0.3, -0.25) is 19.1 Å². The van der Waals surface area contributed by atoms with Crippen molar-refractivity contribution in [3.8, 4) is 0 Å². The number of fused-ring (bicyclic) bond motifs is 1. The molecule has 3 aromatic rings. The van der Waals surface area contributed by atoms with Crippen LogP contribution in [-0.2, 0) is 19.1 Å². The van der Waals surface area contributed by atoms with Crippen molar-refractivity contribution in [2.24, 2.45) is 7.05 Å². The molecular formula is C22H24N4O4. The van der Waals surface area contributed by atoms with E-state index in [1.165, 1.54) is 11.6 Å². The number of hydrogen-bond acceptors (Lipinski definition) is 5. The normalized spacial score (nSPS) is 18.9. The van der Waals surface area contributed by atoms with Crippen LogP contribution in [0.4, 0.5) is 0 Å². The van der Waals surface area contributed by atoms with Gasteiger partial charge in [-0.1, -0.05) is 36.8 Å². The van der Waals surface area contributed by atoms with Gasteiger partial charge in [0.2, 0.25) is 0 Å². The number of hydrogen-bond donors (Lipinski definition) is 2. The third-order valence-electron chi connectivity index (χ3n) is 5.84. The fourth-order valence-electron chi connectivity index (χ4n) is 3.98. The van der Waals surface area contributed by atoms with Crippen LogP contribution in [0.2, 0.25) is 0 Å². The van der Waals surface area contributed by atoms with Crippen molar-refractivity contribution in [1.29, 1.82) is 0 Å². The van der Waals surface area contributed by atoms with Crippen molar-refractivity contribution in [3.63, 3.8) is 0 Å². The quantitative estimate of drug-likeness (QED) is 0.678. The van der Waals surface area contributed by atoms with E-state index in [0.29, 0.717) is 25.1 Å². The van der Waals surface area contributed by atoms with Crippen molar-refractivity contribution in [3.05, 3.63) is 73.6 Å². The number of rotatable bonds is 3. The molecule has 4 rings (SSSR count). The predicted molar refractivity (Wildman–Crippen MR) is 113 cm³/mol. The Kier molecular flexibility index (Phi) is 4.82. The Labute approximate surface area is 172 Å². The SMILES string of the molecule is CCc1cc(C(=O)N2CC[C@](O)(c3ccc(C)cc3)C2)c2c(=O)[nH]c(=O)n(C)c2n1. The number of aliphatic hydroxyl groups is 1. The van der Waals surface area contributed by atoms with E-state index in [1.807, 2.05) is 38.1 Å². The zero-order valence-electron chi connectivity index (χ0n) is 17.2. The summed E-state index contributed by atoms with van der Waals surface area (Å²) in [7, 11) is 1.51. The number of carbonyl (C=O) groups is 1. The van der Waals surface area contributed by atoms with Crippen molar-refractivity contribution >= 4 is 16.9 Å². The molecule has 2 aromatic heterocycles. The van der Waals surface area contributed by atoms with Crippen LogP contribution in [0.1, 0.15) is 40.5 Å². The summed E-state index contributed by atoms with van der Waals surface area (Å²) in [5, 5.41) is 11.2. The molecule has 30 heavy (non-hydrogen) atoms. The molecule has 1 aromatic carbocycles. The van der Waals surface area contributed by atoms with Gasteiger partial charge < -0.3 is 10.0 Å². The fraction of sp³-hybridized carbons (Fsp3) is 0.364. The number of nitrogens with zero attached hydrogens (tertiary/aromatic N) is 3. The van der Waals surface area contributed by atoms with Crippen molar-refractivity contribution in [1.82, 2.24) is 19.4 Å². The summed E-state index contributed by atoms with van der Waals surface area (Å²) in [6.45, 7) is 4.35. The Morgan fingerprint density at radius 3 is 2.63 bits per heavy atom. The smallest absolute Gasteiger partial charge is 0.329 e. The van der Waals surface area contributed by atoms with Gasteiger partial charge in [-0.25, -0.2) is 9.78 Å². The van der Waals surface area contributed by atoms with E-state index in [4.69, 9.17) is 0 Å². The van der Waals surface area contributed by atoms with Gasteiger partial charge in [0.1, 0.15) is 11.2 Å². The largest absolute Gasteiger partial charge is 0.383 e. The summed E-state index contributed by atoms with van der Waals surface area (Å²) in [6.07, 6.45) is 0.949. The molecule has 1 amide bonds. The van der Waals surface area contributed by atoms with Crippen molar-refractivity contribution in [2.45, 2.75) is 32.3 Å². The first-order chi connectivity index (χ1) is 14.2. The Balaban J connectivity index is 1.77. The topological polar surface area (TPSA) is 108 Å². The third kappa shape index (κ3) is 3.23. The number of nitrogens with one attached hydrogen (secondary N) is 1. The van der Waals surface area contributed by atoms with Gasteiger partial charge in [-0.05, 0) is 31.4 Å². The molecule has 156 valence electrons. The predicted octanol–water partition coefficient (Wildman–Crippen LogP) is 1.23. The molecule has 1 fully saturated rings. The summed E-state index contributed by atoms with van der Waals surface area (Å²) < 4.78 is 1.24. The first kappa shape index (κ1) is 20.0. The zero-order valence-corrected chi connectivity index (χ0v) is 17.2. The Hall–Kier alpha value is -3.26. The van der Waals surface area contributed by atoms with Gasteiger partial charge in [-0.15, -0.1) is 0 Å². The molecule has 0 spiro atoms. The summed E-state index contributed by atoms with van der Waals surface area (Å²) in [5.74, 6) is -0.357. The molecule has 8 nitrogen and oxygen atoms in total. The molecule has 1 atom stereocenters. The maximum atomic E-state index is 13.4. The molecule has 8 heteroatoms. The Morgan fingerprint density at radius 1 is 1.27 bits per heavy atom. The van der Waals surface area contributed by atoms with Gasteiger partial charge in [0.15, 0.2) is 0 Å². The summed E-state index contributed by atoms with van der Waals surface area (Å²) in [6, 6.07) is 9.22. The van der Waals surface area contributed by atoms with E-state index in [9.17, 15) is 19.5 Å². The summed E-state index contributed by atoms with van der Waals surface area (Å²) >= 11 is 0. The van der Waals surface area contributed by atoms with Crippen molar-refractivity contribution in [2.75, 3.05) is 13.1 Å². The van der Waals surface area contributed by atoms with E-state index in [-0.39, 0.29) is 29.0 Å². The number of β-amino-alcohol motifs (C(OH)–C–C–N with tert-alkyl or cyclic N) is 1. The highest BCUT2D eigenvalue weighted by Crippen LogP contribution is 2.33. The van der Waals surface area contributed by atoms with Gasteiger partial charge in [0, 0.05) is 19.3 Å². The number of aromatic amines is 1. The number of aryl methyl sites for hydroxylation is 3. The fourth-order valence-corrected chi connectivity index (χ4v) is 3.98. The van der Waals surface area contributed by atoms with Crippen LogP contribution in [0.5, 0.6) is 0 Å². The average molecular weight is 408 g/mol. The van der Waals surface area contributed by atoms with Gasteiger partial charge >= 0.3 is 5.69 Å². The first-order valence-corrected chi connectivity index (χ1v) is 9.95. The second-order valence-corrected chi connectivity index (χ2v) is 7.91. The molecule has 1 aliphatic rings. The molecule has 1 saturated heterocycles. The van der Waals surface area contributed by atoms with Gasteiger partial charge in [0.05, 0.1) is 17.5 Å². The van der Waals surface area contributed by atoms with Crippen LogP contribution in [0.25, 0.3) is 11.0 Å². The number of likely N-dealkylation sites (tertiary alicyclic amines) is 1. The minimum absolute atomic E-state index is 0.0880. The van der Waals surface area contributed by atoms with E-state index >= 15 is 0 Å². The molecule has 0 bridgehead atoms. The summed E-state index contributed by atoms with van der Waals surface area (Å²) in [4.78, 5) is 46.1. The maximum absolute atomic E-state index is 13.4. The first-order valence-electron chi connectivity index (χ1n) is 9.95. The molecule has 3 heterocycles. The van der Waals surface area contributed by atoms with Crippen LogP contribution in [0.15, 0.2) is 39.9 Å². The number of benzene rings is 1.